The highest BCUT2D eigenvalue weighted by molar-refractivity contribution is 5.77. The number of carbonyl (C=O) groups excluding carboxylic acids is 1. The van der Waals surface area contributed by atoms with E-state index >= 15 is 0 Å². The molecule has 0 amide bonds. The van der Waals surface area contributed by atoms with E-state index in [0.717, 1.165) is 5.56 Å². The van der Waals surface area contributed by atoms with Gasteiger partial charge in [-0.1, -0.05) is 12.1 Å². The predicted molar refractivity (Wildman–Crippen MR) is 67.2 cm³/mol. The van der Waals surface area contributed by atoms with Crippen LogP contribution >= 0.6 is 0 Å². The van der Waals surface area contributed by atoms with Crippen molar-refractivity contribution in [1.82, 2.24) is 4.90 Å². The fraction of sp³-hybridized carbons (Fsp3) is 0.462. The molecule has 1 unspecified atom stereocenters. The summed E-state index contributed by atoms with van der Waals surface area (Å²) in [6.45, 7) is 2.40. The van der Waals surface area contributed by atoms with Gasteiger partial charge in [-0.25, -0.2) is 4.79 Å². The van der Waals surface area contributed by atoms with Crippen LogP contribution in [0.5, 0.6) is 5.75 Å². The Balaban J connectivity index is 3.19. The second-order valence-electron chi connectivity index (χ2n) is 4.46. The quantitative estimate of drug-likeness (QED) is 0.782. The van der Waals surface area contributed by atoms with E-state index in [1.54, 1.807) is 6.07 Å². The molecule has 1 atom stereocenters. The Morgan fingerprint density at radius 2 is 2.06 bits per heavy atom. The van der Waals surface area contributed by atoms with E-state index in [1.165, 1.54) is 13.2 Å². The van der Waals surface area contributed by atoms with Gasteiger partial charge in [0.25, 0.3) is 0 Å². The lowest BCUT2D eigenvalue weighted by atomic mass is 9.99. The molecule has 5 heteroatoms. The molecule has 2 N–H and O–H groups in total. The average Bonchev–Trinajstić information content (AvgIpc) is 2.32. The molecule has 1 aromatic carbocycles. The monoisotopic (exact) mass is 253 g/mol. The molecule has 0 radical (unpaired) electrons. The van der Waals surface area contributed by atoms with Crippen LogP contribution in [0, 0.1) is 6.92 Å². The number of hydrogen-bond donors (Lipinski definition) is 2. The summed E-state index contributed by atoms with van der Waals surface area (Å²) in [4.78, 5) is 13.2. The second kappa shape index (κ2) is 5.84. The van der Waals surface area contributed by atoms with Gasteiger partial charge in [-0.05, 0) is 26.6 Å². The van der Waals surface area contributed by atoms with Crippen molar-refractivity contribution in [1.29, 1.82) is 0 Å². The minimum Gasteiger partial charge on any atom is -0.507 e. The smallest absolute Gasteiger partial charge is 0.339 e. The molecule has 0 aliphatic heterocycles. The third kappa shape index (κ3) is 3.00. The van der Waals surface area contributed by atoms with Crippen molar-refractivity contribution in [3.8, 4) is 5.75 Å². The van der Waals surface area contributed by atoms with Crippen LogP contribution in [0.15, 0.2) is 12.1 Å². The van der Waals surface area contributed by atoms with Gasteiger partial charge in [0, 0.05) is 17.7 Å². The van der Waals surface area contributed by atoms with E-state index in [0.29, 0.717) is 12.1 Å². The van der Waals surface area contributed by atoms with Gasteiger partial charge in [-0.15, -0.1) is 0 Å². The number of aromatic hydroxyl groups is 1. The number of methoxy groups -OCH3 is 1. The van der Waals surface area contributed by atoms with Crippen LogP contribution in [0.2, 0.25) is 0 Å². The van der Waals surface area contributed by atoms with E-state index in [2.05, 4.69) is 4.74 Å². The van der Waals surface area contributed by atoms with Gasteiger partial charge in [-0.3, -0.25) is 0 Å². The first-order valence-corrected chi connectivity index (χ1v) is 5.60. The summed E-state index contributed by atoms with van der Waals surface area (Å²) < 4.78 is 4.46. The van der Waals surface area contributed by atoms with Crippen molar-refractivity contribution in [3.05, 3.63) is 28.8 Å². The number of phenolic OH excluding ortho intramolecular Hbond substituents is 1. The third-order valence-electron chi connectivity index (χ3n) is 2.74. The molecule has 100 valence electrons. The topological polar surface area (TPSA) is 70.0 Å². The number of nitrogens with zero attached hydrogens (tertiary/aromatic N) is 1. The first-order valence-electron chi connectivity index (χ1n) is 5.60. The van der Waals surface area contributed by atoms with Gasteiger partial charge < -0.3 is 19.8 Å². The molecule has 0 bridgehead atoms. The van der Waals surface area contributed by atoms with Crippen LogP contribution in [0.1, 0.15) is 22.8 Å². The molecule has 0 aliphatic rings. The maximum absolute atomic E-state index is 11.3. The van der Waals surface area contributed by atoms with Crippen molar-refractivity contribution >= 4 is 5.97 Å². The first kappa shape index (κ1) is 14.5. The number of benzene rings is 1. The number of aryl methyl sites for hydroxylation is 1. The van der Waals surface area contributed by atoms with Crippen molar-refractivity contribution < 1.29 is 19.7 Å². The lowest BCUT2D eigenvalue weighted by molar-refractivity contribution is -0.150. The molecule has 1 aromatic rings. The standard InChI is InChI=1S/C13H19NO4/c1-8-5-6-9(12(16)13(17)18-4)11(15)10(8)7-14(2)3/h5-6,12,15-16H,7H2,1-4H3. The molecule has 0 aliphatic carbocycles. The van der Waals surface area contributed by atoms with Crippen molar-refractivity contribution in [3.63, 3.8) is 0 Å². The minimum absolute atomic E-state index is 0.0541. The highest BCUT2D eigenvalue weighted by Gasteiger charge is 2.23. The first-order chi connectivity index (χ1) is 8.38. The SMILES string of the molecule is COC(=O)C(O)c1ccc(C)c(CN(C)C)c1O. The van der Waals surface area contributed by atoms with Crippen LogP contribution < -0.4 is 0 Å². The maximum Gasteiger partial charge on any atom is 0.339 e. The normalized spacial score (nSPS) is 12.6. The Morgan fingerprint density at radius 3 is 2.56 bits per heavy atom. The number of ether oxygens (including phenoxy) is 1. The average molecular weight is 253 g/mol. The predicted octanol–water partition coefficient (Wildman–Crippen LogP) is 0.969. The molecular weight excluding hydrogens is 234 g/mol. The summed E-state index contributed by atoms with van der Waals surface area (Å²) in [5, 5.41) is 19.9. The molecule has 18 heavy (non-hydrogen) atoms. The number of aliphatic hydroxyl groups excluding tert-OH is 1. The number of esters is 1. The largest absolute Gasteiger partial charge is 0.507 e. The lowest BCUT2D eigenvalue weighted by Crippen LogP contribution is -2.16. The summed E-state index contributed by atoms with van der Waals surface area (Å²) in [5.41, 5.74) is 1.77. The van der Waals surface area contributed by atoms with Crippen molar-refractivity contribution in [2.24, 2.45) is 0 Å². The van der Waals surface area contributed by atoms with E-state index in [4.69, 9.17) is 0 Å². The minimum atomic E-state index is -1.46. The van der Waals surface area contributed by atoms with Crippen molar-refractivity contribution in [2.75, 3.05) is 21.2 Å². The van der Waals surface area contributed by atoms with E-state index in [-0.39, 0.29) is 11.3 Å². The summed E-state index contributed by atoms with van der Waals surface area (Å²) in [5.74, 6) is -0.841. The zero-order valence-corrected chi connectivity index (χ0v) is 11.1. The molecule has 0 spiro atoms. The molecule has 0 saturated heterocycles. The van der Waals surface area contributed by atoms with Crippen LogP contribution in [0.3, 0.4) is 0 Å². The third-order valence-corrected chi connectivity index (χ3v) is 2.74. The maximum atomic E-state index is 11.3. The molecule has 0 saturated carbocycles. The Bertz CT molecular complexity index is 443. The summed E-state index contributed by atoms with van der Waals surface area (Å²) in [6, 6.07) is 3.30. The second-order valence-corrected chi connectivity index (χ2v) is 4.46. The summed E-state index contributed by atoms with van der Waals surface area (Å²) in [6.07, 6.45) is -1.46. The highest BCUT2D eigenvalue weighted by Crippen LogP contribution is 2.31. The van der Waals surface area contributed by atoms with Gasteiger partial charge >= 0.3 is 5.97 Å². The molecule has 0 fully saturated rings. The van der Waals surface area contributed by atoms with E-state index in [1.807, 2.05) is 25.9 Å². The number of aliphatic hydroxyl groups is 1. The van der Waals surface area contributed by atoms with Crippen LogP contribution in [0.4, 0.5) is 0 Å². The van der Waals surface area contributed by atoms with E-state index < -0.39 is 12.1 Å². The fourth-order valence-electron chi connectivity index (χ4n) is 1.73. The van der Waals surface area contributed by atoms with Gasteiger partial charge in [0.05, 0.1) is 7.11 Å². The highest BCUT2D eigenvalue weighted by atomic mass is 16.5. The Hall–Kier alpha value is -1.59. The Morgan fingerprint density at radius 1 is 1.44 bits per heavy atom. The lowest BCUT2D eigenvalue weighted by Gasteiger charge is -2.18. The van der Waals surface area contributed by atoms with Gasteiger partial charge in [-0.2, -0.15) is 0 Å². The Kier molecular flexibility index (Phi) is 4.69. The number of hydrogen-bond acceptors (Lipinski definition) is 5. The molecule has 0 aromatic heterocycles. The van der Waals surface area contributed by atoms with Gasteiger partial charge in [0.1, 0.15) is 5.75 Å². The molecule has 1 rings (SSSR count). The zero-order chi connectivity index (χ0) is 13.9. The zero-order valence-electron chi connectivity index (χ0n) is 11.1. The Labute approximate surface area is 107 Å². The molecular formula is C13H19NO4. The summed E-state index contributed by atoms with van der Waals surface area (Å²) in [7, 11) is 4.95. The van der Waals surface area contributed by atoms with Gasteiger partial charge in [0.2, 0.25) is 0 Å². The number of carbonyl (C=O) groups is 1. The van der Waals surface area contributed by atoms with Gasteiger partial charge in [0.15, 0.2) is 6.10 Å². The van der Waals surface area contributed by atoms with Crippen LogP contribution in [-0.4, -0.2) is 42.3 Å². The molecule has 5 nitrogen and oxygen atoms in total. The number of phenols is 1. The van der Waals surface area contributed by atoms with Crippen molar-refractivity contribution in [2.45, 2.75) is 19.6 Å². The van der Waals surface area contributed by atoms with E-state index in [9.17, 15) is 15.0 Å². The molecule has 0 heterocycles. The fourth-order valence-corrected chi connectivity index (χ4v) is 1.73. The van der Waals surface area contributed by atoms with Crippen LogP contribution in [0.25, 0.3) is 0 Å². The summed E-state index contributed by atoms with van der Waals surface area (Å²) >= 11 is 0. The number of rotatable bonds is 4. The van der Waals surface area contributed by atoms with Crippen LogP contribution in [-0.2, 0) is 16.1 Å².